The topological polar surface area (TPSA) is 74.0 Å². The van der Waals surface area contributed by atoms with Crippen LogP contribution in [0, 0.1) is 19.8 Å². The van der Waals surface area contributed by atoms with E-state index in [1.54, 1.807) is 21.8 Å². The van der Waals surface area contributed by atoms with Crippen LogP contribution in [-0.2, 0) is 22.8 Å². The predicted molar refractivity (Wildman–Crippen MR) is 88.4 cm³/mol. The highest BCUT2D eigenvalue weighted by molar-refractivity contribution is 6.31. The molecule has 0 spiro atoms. The van der Waals surface area contributed by atoms with Crippen LogP contribution in [-0.4, -0.2) is 32.1 Å². The molecular formula is C15H22ClN5O2. The molecule has 0 fully saturated rings. The number of nitrogens with zero attached hydrogens (tertiary/aromatic N) is 4. The summed E-state index contributed by atoms with van der Waals surface area (Å²) in [6.45, 7) is 8.96. The quantitative estimate of drug-likeness (QED) is 0.841. The van der Waals surface area contributed by atoms with E-state index < -0.39 is 0 Å². The van der Waals surface area contributed by atoms with Crippen LogP contribution < -0.4 is 5.32 Å². The van der Waals surface area contributed by atoms with E-state index in [0.29, 0.717) is 30.6 Å². The maximum atomic E-state index is 12.3. The lowest BCUT2D eigenvalue weighted by atomic mass is 10.1. The number of amides is 1. The summed E-state index contributed by atoms with van der Waals surface area (Å²) in [5.41, 5.74) is 2.29. The molecule has 8 heteroatoms. The monoisotopic (exact) mass is 339 g/mol. The molecule has 2 rings (SSSR count). The molecule has 0 aliphatic rings. The fourth-order valence-corrected chi connectivity index (χ4v) is 2.28. The smallest absolute Gasteiger partial charge is 0.229 e. The van der Waals surface area contributed by atoms with Gasteiger partial charge in [0, 0.05) is 6.61 Å². The van der Waals surface area contributed by atoms with E-state index in [9.17, 15) is 4.79 Å². The number of hydrogen-bond donors (Lipinski definition) is 1. The third-order valence-corrected chi connectivity index (χ3v) is 4.06. The number of anilines is 1. The fourth-order valence-electron chi connectivity index (χ4n) is 2.14. The van der Waals surface area contributed by atoms with Crippen molar-refractivity contribution in [1.29, 1.82) is 0 Å². The van der Waals surface area contributed by atoms with E-state index in [-0.39, 0.29) is 11.8 Å². The van der Waals surface area contributed by atoms with Gasteiger partial charge in [0.05, 0.1) is 47.0 Å². The SMILES string of the molecule is CCOCn1cc(NC(=O)C(C)Cn2nc(C)c(Cl)c2C)cn1. The molecule has 0 aliphatic heterocycles. The Morgan fingerprint density at radius 3 is 2.83 bits per heavy atom. The fraction of sp³-hybridized carbons (Fsp3) is 0.533. The summed E-state index contributed by atoms with van der Waals surface area (Å²) in [4.78, 5) is 12.3. The summed E-state index contributed by atoms with van der Waals surface area (Å²) in [6.07, 6.45) is 3.34. The van der Waals surface area contributed by atoms with Gasteiger partial charge in [-0.25, -0.2) is 4.68 Å². The van der Waals surface area contributed by atoms with E-state index in [1.165, 1.54) is 0 Å². The van der Waals surface area contributed by atoms with Gasteiger partial charge in [-0.15, -0.1) is 0 Å². The molecule has 0 saturated heterocycles. The first-order chi connectivity index (χ1) is 10.9. The van der Waals surface area contributed by atoms with Crippen LogP contribution in [0.3, 0.4) is 0 Å². The summed E-state index contributed by atoms with van der Waals surface area (Å²) in [7, 11) is 0. The van der Waals surface area contributed by atoms with Crippen molar-refractivity contribution in [3.8, 4) is 0 Å². The van der Waals surface area contributed by atoms with Crippen molar-refractivity contribution in [1.82, 2.24) is 19.6 Å². The number of carbonyl (C=O) groups is 1. The second-order valence-electron chi connectivity index (χ2n) is 5.45. The van der Waals surface area contributed by atoms with Gasteiger partial charge in [-0.05, 0) is 20.8 Å². The Kier molecular flexibility index (Phi) is 5.79. The molecule has 1 N–H and O–H groups in total. The summed E-state index contributed by atoms with van der Waals surface area (Å²) < 4.78 is 8.65. The van der Waals surface area contributed by atoms with Gasteiger partial charge in [0.1, 0.15) is 6.73 Å². The lowest BCUT2D eigenvalue weighted by Crippen LogP contribution is -2.25. The average Bonchev–Trinajstić information content (AvgIpc) is 3.06. The number of nitrogens with one attached hydrogen (secondary N) is 1. The van der Waals surface area contributed by atoms with Crippen LogP contribution in [0.15, 0.2) is 12.4 Å². The Bertz CT molecular complexity index is 679. The molecule has 0 radical (unpaired) electrons. The predicted octanol–water partition coefficient (Wildman–Crippen LogP) is 2.62. The van der Waals surface area contributed by atoms with Crippen molar-refractivity contribution in [2.75, 3.05) is 11.9 Å². The molecule has 2 aromatic heterocycles. The van der Waals surface area contributed by atoms with Gasteiger partial charge in [0.25, 0.3) is 0 Å². The molecule has 0 aliphatic carbocycles. The highest BCUT2D eigenvalue weighted by Gasteiger charge is 2.18. The van der Waals surface area contributed by atoms with Crippen LogP contribution in [0.4, 0.5) is 5.69 Å². The first-order valence-corrected chi connectivity index (χ1v) is 7.90. The third-order valence-electron chi connectivity index (χ3n) is 3.52. The van der Waals surface area contributed by atoms with E-state index in [0.717, 1.165) is 11.4 Å². The Balaban J connectivity index is 1.94. The Hall–Kier alpha value is -1.86. The van der Waals surface area contributed by atoms with Crippen LogP contribution >= 0.6 is 11.6 Å². The summed E-state index contributed by atoms with van der Waals surface area (Å²) >= 11 is 6.13. The number of halogens is 1. The molecule has 1 amide bonds. The van der Waals surface area contributed by atoms with Crippen molar-refractivity contribution in [3.63, 3.8) is 0 Å². The highest BCUT2D eigenvalue weighted by Crippen LogP contribution is 2.20. The zero-order valence-corrected chi connectivity index (χ0v) is 14.6. The van der Waals surface area contributed by atoms with E-state index in [4.69, 9.17) is 16.3 Å². The number of aromatic nitrogens is 4. The van der Waals surface area contributed by atoms with Crippen molar-refractivity contribution < 1.29 is 9.53 Å². The number of carbonyl (C=O) groups excluding carboxylic acids is 1. The summed E-state index contributed by atoms with van der Waals surface area (Å²) in [5.74, 6) is -0.344. The number of rotatable bonds is 7. The number of ether oxygens (including phenoxy) is 1. The van der Waals surface area contributed by atoms with Crippen molar-refractivity contribution in [2.45, 2.75) is 41.0 Å². The molecule has 7 nitrogen and oxygen atoms in total. The molecule has 23 heavy (non-hydrogen) atoms. The van der Waals surface area contributed by atoms with Gasteiger partial charge in [0.2, 0.25) is 5.91 Å². The summed E-state index contributed by atoms with van der Waals surface area (Å²) in [6, 6.07) is 0. The number of hydrogen-bond acceptors (Lipinski definition) is 4. The Labute approximate surface area is 140 Å². The average molecular weight is 340 g/mol. The van der Waals surface area contributed by atoms with Crippen molar-refractivity contribution >= 4 is 23.2 Å². The van der Waals surface area contributed by atoms with Crippen LogP contribution in [0.2, 0.25) is 5.02 Å². The van der Waals surface area contributed by atoms with E-state index in [2.05, 4.69) is 15.5 Å². The zero-order chi connectivity index (χ0) is 17.0. The minimum Gasteiger partial charge on any atom is -0.360 e. The van der Waals surface area contributed by atoms with Gasteiger partial charge in [-0.3, -0.25) is 9.48 Å². The standard InChI is InChI=1S/C15H22ClN5O2/c1-5-23-9-20-8-13(6-17-20)18-15(22)10(2)7-21-12(4)14(16)11(3)19-21/h6,8,10H,5,7,9H2,1-4H3,(H,18,22). The highest BCUT2D eigenvalue weighted by atomic mass is 35.5. The van der Waals surface area contributed by atoms with Gasteiger partial charge >= 0.3 is 0 Å². The van der Waals surface area contributed by atoms with Crippen molar-refractivity contribution in [3.05, 3.63) is 28.8 Å². The minimum atomic E-state index is -0.251. The molecule has 1 unspecified atom stereocenters. The van der Waals surface area contributed by atoms with Crippen LogP contribution in [0.25, 0.3) is 0 Å². The molecular weight excluding hydrogens is 318 g/mol. The van der Waals surface area contributed by atoms with Gasteiger partial charge in [0.15, 0.2) is 0 Å². The maximum absolute atomic E-state index is 12.3. The van der Waals surface area contributed by atoms with E-state index >= 15 is 0 Å². The first-order valence-electron chi connectivity index (χ1n) is 7.53. The lowest BCUT2D eigenvalue weighted by molar-refractivity contribution is -0.119. The molecule has 2 aromatic rings. The molecule has 2 heterocycles. The van der Waals surface area contributed by atoms with Gasteiger partial charge < -0.3 is 10.1 Å². The Morgan fingerprint density at radius 1 is 1.48 bits per heavy atom. The van der Waals surface area contributed by atoms with Crippen LogP contribution in [0.1, 0.15) is 25.2 Å². The largest absolute Gasteiger partial charge is 0.360 e. The Morgan fingerprint density at radius 2 is 2.22 bits per heavy atom. The van der Waals surface area contributed by atoms with Crippen LogP contribution in [0.5, 0.6) is 0 Å². The molecule has 0 bridgehead atoms. The lowest BCUT2D eigenvalue weighted by Gasteiger charge is -2.12. The van der Waals surface area contributed by atoms with Gasteiger partial charge in [-0.2, -0.15) is 10.2 Å². The molecule has 1 atom stereocenters. The van der Waals surface area contributed by atoms with Crippen molar-refractivity contribution in [2.24, 2.45) is 5.92 Å². The van der Waals surface area contributed by atoms with E-state index in [1.807, 2.05) is 27.7 Å². The molecule has 126 valence electrons. The minimum absolute atomic E-state index is 0.0929. The second kappa shape index (κ2) is 7.61. The molecule has 0 aromatic carbocycles. The first kappa shape index (κ1) is 17.5. The zero-order valence-electron chi connectivity index (χ0n) is 13.8. The maximum Gasteiger partial charge on any atom is 0.229 e. The molecule has 0 saturated carbocycles. The van der Waals surface area contributed by atoms with Gasteiger partial charge in [-0.1, -0.05) is 18.5 Å². The normalized spacial score (nSPS) is 12.4. The summed E-state index contributed by atoms with van der Waals surface area (Å²) in [5, 5.41) is 12.0. The second-order valence-corrected chi connectivity index (χ2v) is 5.83. The number of aryl methyl sites for hydroxylation is 1. The third kappa shape index (κ3) is 4.33.